The van der Waals surface area contributed by atoms with Crippen molar-refractivity contribution < 1.29 is 13.2 Å². The van der Waals surface area contributed by atoms with Crippen molar-refractivity contribution in [3.05, 3.63) is 0 Å². The Bertz CT molecular complexity index is 327. The van der Waals surface area contributed by atoms with E-state index in [1.54, 1.807) is 4.90 Å². The Labute approximate surface area is 97.1 Å². The molecule has 0 bridgehead atoms. The normalized spacial score (nSPS) is 20.4. The largest absolute Gasteiger partial charge is 0.342 e. The van der Waals surface area contributed by atoms with E-state index in [1.807, 2.05) is 6.92 Å². The molecule has 0 radical (unpaired) electrons. The fourth-order valence-corrected chi connectivity index (χ4v) is 2.99. The van der Waals surface area contributed by atoms with Crippen LogP contribution >= 0.6 is 0 Å². The summed E-state index contributed by atoms with van der Waals surface area (Å²) in [4.78, 5) is 13.4. The third-order valence-corrected chi connectivity index (χ3v) is 4.39. The van der Waals surface area contributed by atoms with Gasteiger partial charge in [-0.3, -0.25) is 4.79 Å². The van der Waals surface area contributed by atoms with Crippen molar-refractivity contribution in [3.63, 3.8) is 0 Å². The maximum absolute atomic E-state index is 11.7. The number of amides is 1. The summed E-state index contributed by atoms with van der Waals surface area (Å²) in [6.07, 6.45) is 1.02. The molecule has 0 aromatic rings. The van der Waals surface area contributed by atoms with Gasteiger partial charge in [-0.1, -0.05) is 6.92 Å². The Kier molecular flexibility index (Phi) is 5.21. The highest BCUT2D eigenvalue weighted by Gasteiger charge is 2.21. The minimum absolute atomic E-state index is 0.0538. The Morgan fingerprint density at radius 3 is 2.75 bits per heavy atom. The standard InChI is InChI=1S/C10H20N2O3S/c1-2-11-5-4-10(13)12-6-3-8-16(14,15)9-7-12/h11H,2-9H2,1H3. The number of carbonyl (C=O) groups is 1. The van der Waals surface area contributed by atoms with Crippen LogP contribution in [-0.4, -0.2) is 56.9 Å². The number of hydrogen-bond acceptors (Lipinski definition) is 4. The van der Waals surface area contributed by atoms with Gasteiger partial charge in [0.05, 0.1) is 11.5 Å². The molecular weight excluding hydrogens is 228 g/mol. The molecule has 5 nitrogen and oxygen atoms in total. The van der Waals surface area contributed by atoms with Crippen LogP contribution < -0.4 is 5.32 Å². The van der Waals surface area contributed by atoms with Gasteiger partial charge in [-0.05, 0) is 13.0 Å². The van der Waals surface area contributed by atoms with Crippen molar-refractivity contribution in [1.82, 2.24) is 10.2 Å². The summed E-state index contributed by atoms with van der Waals surface area (Å²) in [5.41, 5.74) is 0. The second-order valence-electron chi connectivity index (χ2n) is 3.99. The Morgan fingerprint density at radius 2 is 2.06 bits per heavy atom. The van der Waals surface area contributed by atoms with E-state index in [0.717, 1.165) is 6.54 Å². The van der Waals surface area contributed by atoms with Crippen LogP contribution in [0.2, 0.25) is 0 Å². The average molecular weight is 248 g/mol. The second kappa shape index (κ2) is 6.20. The van der Waals surface area contributed by atoms with Gasteiger partial charge in [0.15, 0.2) is 9.84 Å². The van der Waals surface area contributed by atoms with Crippen molar-refractivity contribution in [2.75, 3.05) is 37.7 Å². The lowest BCUT2D eigenvalue weighted by molar-refractivity contribution is -0.130. The molecule has 1 saturated heterocycles. The van der Waals surface area contributed by atoms with E-state index in [-0.39, 0.29) is 17.4 Å². The predicted molar refractivity (Wildman–Crippen MR) is 63.0 cm³/mol. The number of rotatable bonds is 4. The van der Waals surface area contributed by atoms with Crippen LogP contribution in [0.15, 0.2) is 0 Å². The maximum atomic E-state index is 11.7. The lowest BCUT2D eigenvalue weighted by Gasteiger charge is -2.19. The van der Waals surface area contributed by atoms with Gasteiger partial charge in [-0.25, -0.2) is 8.42 Å². The third-order valence-electron chi connectivity index (χ3n) is 2.67. The first-order chi connectivity index (χ1) is 7.55. The van der Waals surface area contributed by atoms with Crippen LogP contribution in [-0.2, 0) is 14.6 Å². The van der Waals surface area contributed by atoms with E-state index in [4.69, 9.17) is 0 Å². The molecule has 0 aromatic carbocycles. The zero-order valence-electron chi connectivity index (χ0n) is 9.74. The molecular formula is C10H20N2O3S. The zero-order valence-corrected chi connectivity index (χ0v) is 10.6. The second-order valence-corrected chi connectivity index (χ2v) is 6.29. The van der Waals surface area contributed by atoms with Gasteiger partial charge in [0.1, 0.15) is 0 Å². The van der Waals surface area contributed by atoms with Crippen LogP contribution in [0.1, 0.15) is 19.8 Å². The molecule has 0 saturated carbocycles. The van der Waals surface area contributed by atoms with Gasteiger partial charge in [-0.15, -0.1) is 0 Å². The van der Waals surface area contributed by atoms with E-state index in [9.17, 15) is 13.2 Å². The first-order valence-corrected chi connectivity index (χ1v) is 7.56. The monoisotopic (exact) mass is 248 g/mol. The van der Waals surface area contributed by atoms with Crippen LogP contribution in [0, 0.1) is 0 Å². The van der Waals surface area contributed by atoms with E-state index in [0.29, 0.717) is 32.5 Å². The van der Waals surface area contributed by atoms with E-state index < -0.39 is 9.84 Å². The molecule has 1 aliphatic rings. The molecule has 1 amide bonds. The number of nitrogens with zero attached hydrogens (tertiary/aromatic N) is 1. The molecule has 6 heteroatoms. The Hall–Kier alpha value is -0.620. The van der Waals surface area contributed by atoms with Crippen LogP contribution in [0.25, 0.3) is 0 Å². The van der Waals surface area contributed by atoms with Crippen molar-refractivity contribution in [3.8, 4) is 0 Å². The molecule has 0 atom stereocenters. The highest BCUT2D eigenvalue weighted by atomic mass is 32.2. The summed E-state index contributed by atoms with van der Waals surface area (Å²) in [6, 6.07) is 0. The first-order valence-electron chi connectivity index (χ1n) is 5.74. The van der Waals surface area contributed by atoms with Gasteiger partial charge in [0, 0.05) is 26.1 Å². The maximum Gasteiger partial charge on any atom is 0.223 e. The van der Waals surface area contributed by atoms with Gasteiger partial charge in [0.25, 0.3) is 0 Å². The Balaban J connectivity index is 2.39. The van der Waals surface area contributed by atoms with Crippen molar-refractivity contribution in [1.29, 1.82) is 0 Å². The number of hydrogen-bond donors (Lipinski definition) is 1. The number of sulfone groups is 1. The van der Waals surface area contributed by atoms with Crippen molar-refractivity contribution in [2.45, 2.75) is 19.8 Å². The smallest absolute Gasteiger partial charge is 0.223 e. The molecule has 16 heavy (non-hydrogen) atoms. The predicted octanol–water partition coefficient (Wildman–Crippen LogP) is -0.367. The molecule has 1 N–H and O–H groups in total. The van der Waals surface area contributed by atoms with E-state index in [1.165, 1.54) is 0 Å². The van der Waals surface area contributed by atoms with Gasteiger partial charge < -0.3 is 10.2 Å². The SMILES string of the molecule is CCNCCC(=O)N1CCCS(=O)(=O)CC1. The summed E-state index contributed by atoms with van der Waals surface area (Å²) in [7, 11) is -2.92. The molecule has 1 fully saturated rings. The molecule has 1 rings (SSSR count). The number of carbonyl (C=O) groups excluding carboxylic acids is 1. The molecule has 0 unspecified atom stereocenters. The summed E-state index contributed by atoms with van der Waals surface area (Å²) in [6.45, 7) is 4.43. The van der Waals surface area contributed by atoms with Crippen molar-refractivity contribution in [2.24, 2.45) is 0 Å². The summed E-state index contributed by atoms with van der Waals surface area (Å²) < 4.78 is 22.7. The van der Waals surface area contributed by atoms with Gasteiger partial charge in [-0.2, -0.15) is 0 Å². The Morgan fingerprint density at radius 1 is 1.31 bits per heavy atom. The summed E-state index contributed by atoms with van der Waals surface area (Å²) >= 11 is 0. The van der Waals surface area contributed by atoms with E-state index >= 15 is 0 Å². The van der Waals surface area contributed by atoms with Gasteiger partial charge >= 0.3 is 0 Å². The lowest BCUT2D eigenvalue weighted by Crippen LogP contribution is -2.35. The topological polar surface area (TPSA) is 66.5 Å². The fraction of sp³-hybridized carbons (Fsp3) is 0.900. The summed E-state index contributed by atoms with van der Waals surface area (Å²) in [5.74, 6) is 0.377. The molecule has 1 aliphatic heterocycles. The lowest BCUT2D eigenvalue weighted by atomic mass is 10.3. The quantitative estimate of drug-likeness (QED) is 0.690. The first kappa shape index (κ1) is 13.4. The molecule has 0 aromatic heterocycles. The highest BCUT2D eigenvalue weighted by Crippen LogP contribution is 2.06. The number of nitrogens with one attached hydrogen (secondary N) is 1. The van der Waals surface area contributed by atoms with Crippen molar-refractivity contribution >= 4 is 15.7 Å². The van der Waals surface area contributed by atoms with Crippen LogP contribution in [0.4, 0.5) is 0 Å². The molecule has 0 spiro atoms. The molecule has 1 heterocycles. The van der Waals surface area contributed by atoms with Gasteiger partial charge in [0.2, 0.25) is 5.91 Å². The zero-order chi connectivity index (χ0) is 12.0. The summed E-state index contributed by atoms with van der Waals surface area (Å²) in [5, 5.41) is 3.08. The van der Waals surface area contributed by atoms with Crippen LogP contribution in [0.5, 0.6) is 0 Å². The highest BCUT2D eigenvalue weighted by molar-refractivity contribution is 7.91. The minimum atomic E-state index is -2.92. The minimum Gasteiger partial charge on any atom is -0.342 e. The molecule has 0 aliphatic carbocycles. The fourth-order valence-electron chi connectivity index (χ4n) is 1.72. The van der Waals surface area contributed by atoms with Crippen LogP contribution in [0.3, 0.4) is 0 Å². The third kappa shape index (κ3) is 4.49. The molecule has 94 valence electrons. The van der Waals surface area contributed by atoms with E-state index in [2.05, 4.69) is 5.32 Å². The average Bonchev–Trinajstić information content (AvgIpc) is 2.39.